The molecular weight excluding hydrogens is 286 g/mol. The van der Waals surface area contributed by atoms with Crippen molar-refractivity contribution in [1.82, 2.24) is 4.57 Å². The van der Waals surface area contributed by atoms with Crippen LogP contribution in [0.1, 0.15) is 18.1 Å². The molecule has 4 nitrogen and oxygen atoms in total. The van der Waals surface area contributed by atoms with Gasteiger partial charge in [-0.3, -0.25) is 4.79 Å². The number of primary amides is 1. The highest BCUT2D eigenvalue weighted by atomic mass is 16.1. The summed E-state index contributed by atoms with van der Waals surface area (Å²) in [6.45, 7) is 1.85. The van der Waals surface area contributed by atoms with Crippen molar-refractivity contribution >= 4 is 16.8 Å². The first-order valence-electron chi connectivity index (χ1n) is 7.40. The summed E-state index contributed by atoms with van der Waals surface area (Å²) >= 11 is 0. The van der Waals surface area contributed by atoms with Crippen molar-refractivity contribution < 1.29 is 4.79 Å². The van der Waals surface area contributed by atoms with Crippen LogP contribution in [0.2, 0.25) is 0 Å². The van der Waals surface area contributed by atoms with Gasteiger partial charge in [0.1, 0.15) is 5.54 Å². The Balaban J connectivity index is 2.12. The zero-order valence-corrected chi connectivity index (χ0v) is 12.9. The lowest BCUT2D eigenvalue weighted by atomic mass is 9.91. The summed E-state index contributed by atoms with van der Waals surface area (Å²) in [5, 5.41) is 9.94. The summed E-state index contributed by atoms with van der Waals surface area (Å²) in [7, 11) is 0. The van der Waals surface area contributed by atoms with E-state index < -0.39 is 5.54 Å². The third-order valence-electron chi connectivity index (χ3n) is 4.27. The van der Waals surface area contributed by atoms with Crippen LogP contribution in [-0.2, 0) is 16.8 Å². The Hall–Kier alpha value is -3.06. The first kappa shape index (κ1) is 14.9. The molecule has 0 fully saturated rings. The maximum Gasteiger partial charge on any atom is 0.243 e. The van der Waals surface area contributed by atoms with E-state index in [2.05, 4.69) is 6.07 Å². The van der Waals surface area contributed by atoms with Crippen molar-refractivity contribution in [2.24, 2.45) is 5.73 Å². The van der Waals surface area contributed by atoms with E-state index in [4.69, 9.17) is 11.0 Å². The summed E-state index contributed by atoms with van der Waals surface area (Å²) in [6, 6.07) is 19.3. The second kappa shape index (κ2) is 5.62. The second-order valence-electron chi connectivity index (χ2n) is 5.87. The fraction of sp³-hybridized carbons (Fsp3) is 0.158. The molecule has 114 valence electrons. The van der Waals surface area contributed by atoms with Crippen molar-refractivity contribution in [3.8, 4) is 6.07 Å². The van der Waals surface area contributed by atoms with E-state index in [1.807, 2.05) is 66.2 Å². The number of nitriles is 1. The van der Waals surface area contributed by atoms with Crippen molar-refractivity contribution in [3.63, 3.8) is 0 Å². The Bertz CT molecular complexity index is 905. The maximum atomic E-state index is 12.2. The number of benzene rings is 2. The van der Waals surface area contributed by atoms with Gasteiger partial charge >= 0.3 is 0 Å². The molecule has 2 aromatic carbocycles. The highest BCUT2D eigenvalue weighted by Crippen LogP contribution is 2.28. The third-order valence-corrected chi connectivity index (χ3v) is 4.27. The standard InChI is InChI=1S/C19H17N3O/c1-19(18(21)23,12-14-5-3-2-4-6-14)22-10-9-16-11-15(13-20)7-8-17(16)22/h2-11H,12H2,1H3,(H2,21,23). The van der Waals surface area contributed by atoms with E-state index in [9.17, 15) is 4.79 Å². The summed E-state index contributed by atoms with van der Waals surface area (Å²) in [5.74, 6) is -0.386. The number of amides is 1. The van der Waals surface area contributed by atoms with Crippen LogP contribution in [0.5, 0.6) is 0 Å². The van der Waals surface area contributed by atoms with Crippen LogP contribution in [0.3, 0.4) is 0 Å². The van der Waals surface area contributed by atoms with Crippen LogP contribution in [0.25, 0.3) is 10.9 Å². The number of fused-ring (bicyclic) bond motifs is 1. The molecule has 0 radical (unpaired) electrons. The summed E-state index contributed by atoms with van der Waals surface area (Å²) in [6.07, 6.45) is 2.37. The molecule has 3 rings (SSSR count). The molecule has 0 saturated carbocycles. The summed E-state index contributed by atoms with van der Waals surface area (Å²) in [4.78, 5) is 12.2. The van der Waals surface area contributed by atoms with Crippen LogP contribution in [0.15, 0.2) is 60.8 Å². The second-order valence-corrected chi connectivity index (χ2v) is 5.87. The monoisotopic (exact) mass is 303 g/mol. The molecule has 0 aliphatic heterocycles. The lowest BCUT2D eigenvalue weighted by Gasteiger charge is -2.29. The van der Waals surface area contributed by atoms with Crippen LogP contribution in [-0.4, -0.2) is 10.5 Å². The zero-order valence-electron chi connectivity index (χ0n) is 12.9. The lowest BCUT2D eigenvalue weighted by Crippen LogP contribution is -2.45. The van der Waals surface area contributed by atoms with E-state index in [1.54, 1.807) is 6.07 Å². The van der Waals surface area contributed by atoms with Gasteiger partial charge in [0.25, 0.3) is 0 Å². The van der Waals surface area contributed by atoms with Gasteiger partial charge in [-0.2, -0.15) is 5.26 Å². The molecule has 1 aromatic heterocycles. The minimum absolute atomic E-state index is 0.386. The smallest absolute Gasteiger partial charge is 0.243 e. The van der Waals surface area contributed by atoms with Crippen molar-refractivity contribution in [1.29, 1.82) is 5.26 Å². The minimum Gasteiger partial charge on any atom is -0.368 e. The van der Waals surface area contributed by atoms with Gasteiger partial charge in [0.15, 0.2) is 0 Å². The Morgan fingerprint density at radius 2 is 1.96 bits per heavy atom. The number of nitrogens with two attached hydrogens (primary N) is 1. The van der Waals surface area contributed by atoms with Crippen LogP contribution in [0.4, 0.5) is 0 Å². The van der Waals surface area contributed by atoms with E-state index in [1.165, 1.54) is 0 Å². The van der Waals surface area contributed by atoms with Gasteiger partial charge in [0.05, 0.1) is 11.6 Å². The molecule has 1 heterocycles. The fourth-order valence-electron chi connectivity index (χ4n) is 2.93. The molecule has 0 aliphatic carbocycles. The number of hydrogen-bond donors (Lipinski definition) is 1. The van der Waals surface area contributed by atoms with Gasteiger partial charge in [-0.05, 0) is 36.8 Å². The molecule has 23 heavy (non-hydrogen) atoms. The summed E-state index contributed by atoms with van der Waals surface area (Å²) < 4.78 is 1.90. The van der Waals surface area contributed by atoms with E-state index in [0.717, 1.165) is 16.5 Å². The largest absolute Gasteiger partial charge is 0.368 e. The van der Waals surface area contributed by atoms with Gasteiger partial charge < -0.3 is 10.3 Å². The van der Waals surface area contributed by atoms with E-state index in [0.29, 0.717) is 12.0 Å². The average molecular weight is 303 g/mol. The van der Waals surface area contributed by atoms with Gasteiger partial charge in [0, 0.05) is 23.5 Å². The highest BCUT2D eigenvalue weighted by molar-refractivity contribution is 5.88. The average Bonchev–Trinajstić information content (AvgIpc) is 2.99. The van der Waals surface area contributed by atoms with Crippen LogP contribution in [0, 0.1) is 11.3 Å². The number of rotatable bonds is 4. The Morgan fingerprint density at radius 1 is 1.22 bits per heavy atom. The topological polar surface area (TPSA) is 71.8 Å². The molecule has 1 unspecified atom stereocenters. The normalized spacial score (nSPS) is 13.4. The molecule has 0 aliphatic rings. The van der Waals surface area contributed by atoms with Crippen LogP contribution < -0.4 is 5.73 Å². The number of hydrogen-bond acceptors (Lipinski definition) is 2. The number of aromatic nitrogens is 1. The molecule has 0 bridgehead atoms. The molecule has 1 amide bonds. The molecule has 1 atom stereocenters. The predicted octanol–water partition coefficient (Wildman–Crippen LogP) is 2.96. The molecular formula is C19H17N3O. The van der Waals surface area contributed by atoms with Gasteiger partial charge in [-0.25, -0.2) is 0 Å². The minimum atomic E-state index is -0.878. The van der Waals surface area contributed by atoms with Crippen molar-refractivity contribution in [3.05, 3.63) is 71.9 Å². The Labute approximate surface area is 134 Å². The first-order valence-corrected chi connectivity index (χ1v) is 7.40. The highest BCUT2D eigenvalue weighted by Gasteiger charge is 2.34. The zero-order chi connectivity index (χ0) is 16.4. The van der Waals surface area contributed by atoms with E-state index >= 15 is 0 Å². The Kier molecular flexibility index (Phi) is 3.63. The quantitative estimate of drug-likeness (QED) is 0.805. The SMILES string of the molecule is CC(Cc1ccccc1)(C(N)=O)n1ccc2cc(C#N)ccc21. The van der Waals surface area contributed by atoms with E-state index in [-0.39, 0.29) is 5.91 Å². The molecule has 2 N–H and O–H groups in total. The maximum absolute atomic E-state index is 12.2. The Morgan fingerprint density at radius 3 is 2.61 bits per heavy atom. The number of nitrogens with zero attached hydrogens (tertiary/aromatic N) is 2. The number of carbonyl (C=O) groups excluding carboxylic acids is 1. The molecule has 3 aromatic rings. The van der Waals surface area contributed by atoms with Crippen molar-refractivity contribution in [2.45, 2.75) is 18.9 Å². The number of carbonyl (C=O) groups is 1. The molecule has 0 saturated heterocycles. The first-order chi connectivity index (χ1) is 11.0. The van der Waals surface area contributed by atoms with Crippen LogP contribution >= 0.6 is 0 Å². The molecule has 0 spiro atoms. The molecule has 4 heteroatoms. The van der Waals surface area contributed by atoms with Crippen molar-refractivity contribution in [2.75, 3.05) is 0 Å². The fourth-order valence-corrected chi connectivity index (χ4v) is 2.93. The van der Waals surface area contributed by atoms with Gasteiger partial charge in [-0.15, -0.1) is 0 Å². The lowest BCUT2D eigenvalue weighted by molar-refractivity contribution is -0.125. The summed E-state index contributed by atoms with van der Waals surface area (Å²) in [5.41, 5.74) is 7.40. The van der Waals surface area contributed by atoms with Gasteiger partial charge in [0.2, 0.25) is 5.91 Å². The predicted molar refractivity (Wildman–Crippen MR) is 89.6 cm³/mol. The third kappa shape index (κ3) is 2.58. The van der Waals surface area contributed by atoms with Gasteiger partial charge in [-0.1, -0.05) is 30.3 Å².